The van der Waals surface area contributed by atoms with Crippen LogP contribution in [0.1, 0.15) is 66.7 Å². The highest BCUT2D eigenvalue weighted by Crippen LogP contribution is 2.35. The Kier molecular flexibility index (Phi) is 6.31. The van der Waals surface area contributed by atoms with Crippen molar-refractivity contribution in [1.82, 2.24) is 10.6 Å². The van der Waals surface area contributed by atoms with Gasteiger partial charge in [-0.3, -0.25) is 4.79 Å². The van der Waals surface area contributed by atoms with Gasteiger partial charge in [-0.15, -0.1) is 0 Å². The van der Waals surface area contributed by atoms with Crippen LogP contribution in [-0.2, 0) is 4.79 Å². The smallest absolute Gasteiger partial charge is 0.236 e. The largest absolute Gasteiger partial charge is 0.355 e. The molecule has 0 heterocycles. The van der Waals surface area contributed by atoms with Gasteiger partial charge in [0.15, 0.2) is 0 Å². The van der Waals surface area contributed by atoms with Crippen molar-refractivity contribution >= 4 is 5.91 Å². The Bertz CT molecular complexity index is 286. The van der Waals surface area contributed by atoms with Crippen LogP contribution in [0.3, 0.4) is 0 Å². The Morgan fingerprint density at radius 1 is 1.26 bits per heavy atom. The number of hydrogen-bond donors (Lipinski definition) is 2. The van der Waals surface area contributed by atoms with Crippen molar-refractivity contribution in [2.24, 2.45) is 11.3 Å². The summed E-state index contributed by atoms with van der Waals surface area (Å²) in [7, 11) is 0. The van der Waals surface area contributed by atoms with E-state index >= 15 is 0 Å². The number of amides is 1. The SMILES string of the molecule is CC(C)CCNC(=O)C(C)NC1CCCCC1(C)C. The number of rotatable bonds is 6. The fourth-order valence-corrected chi connectivity index (χ4v) is 2.82. The highest BCUT2D eigenvalue weighted by atomic mass is 16.2. The molecule has 0 aromatic rings. The molecule has 19 heavy (non-hydrogen) atoms. The molecular formula is C16H32N2O. The summed E-state index contributed by atoms with van der Waals surface area (Å²) in [6, 6.07) is 0.377. The van der Waals surface area contributed by atoms with Crippen molar-refractivity contribution in [1.29, 1.82) is 0 Å². The minimum absolute atomic E-state index is 0.0884. The second-order valence-corrected chi connectivity index (χ2v) is 7.15. The zero-order chi connectivity index (χ0) is 14.5. The van der Waals surface area contributed by atoms with Crippen LogP contribution in [0.2, 0.25) is 0 Å². The van der Waals surface area contributed by atoms with Crippen molar-refractivity contribution in [2.75, 3.05) is 6.54 Å². The van der Waals surface area contributed by atoms with Crippen molar-refractivity contribution < 1.29 is 4.79 Å². The van der Waals surface area contributed by atoms with E-state index in [0.29, 0.717) is 17.4 Å². The molecule has 1 saturated carbocycles. The van der Waals surface area contributed by atoms with E-state index in [2.05, 4.69) is 38.3 Å². The average Bonchev–Trinajstić information content (AvgIpc) is 2.31. The normalized spacial score (nSPS) is 24.2. The lowest BCUT2D eigenvalue weighted by molar-refractivity contribution is -0.123. The molecule has 0 radical (unpaired) electrons. The summed E-state index contributed by atoms with van der Waals surface area (Å²) in [5, 5.41) is 6.56. The maximum absolute atomic E-state index is 12.0. The summed E-state index contributed by atoms with van der Waals surface area (Å²) in [6.07, 6.45) is 6.10. The number of hydrogen-bond acceptors (Lipinski definition) is 2. The summed E-state index contributed by atoms with van der Waals surface area (Å²) < 4.78 is 0. The van der Waals surface area contributed by atoms with Crippen LogP contribution in [0, 0.1) is 11.3 Å². The third-order valence-corrected chi connectivity index (χ3v) is 4.37. The second-order valence-electron chi connectivity index (χ2n) is 7.15. The molecule has 1 amide bonds. The summed E-state index contributed by atoms with van der Waals surface area (Å²) >= 11 is 0. The first-order valence-electron chi connectivity index (χ1n) is 7.86. The van der Waals surface area contributed by atoms with Crippen molar-refractivity contribution in [3.8, 4) is 0 Å². The van der Waals surface area contributed by atoms with Crippen LogP contribution < -0.4 is 10.6 Å². The third-order valence-electron chi connectivity index (χ3n) is 4.37. The zero-order valence-electron chi connectivity index (χ0n) is 13.4. The molecule has 2 N–H and O–H groups in total. The van der Waals surface area contributed by atoms with Gasteiger partial charge in [-0.05, 0) is 37.5 Å². The molecule has 0 spiro atoms. The first-order chi connectivity index (χ1) is 8.83. The first-order valence-corrected chi connectivity index (χ1v) is 7.86. The summed E-state index contributed by atoms with van der Waals surface area (Å²) in [5.41, 5.74) is 0.310. The Morgan fingerprint density at radius 2 is 1.95 bits per heavy atom. The van der Waals surface area contributed by atoms with Crippen molar-refractivity contribution in [3.63, 3.8) is 0 Å². The molecule has 3 heteroatoms. The lowest BCUT2D eigenvalue weighted by atomic mass is 9.73. The highest BCUT2D eigenvalue weighted by molar-refractivity contribution is 5.81. The lowest BCUT2D eigenvalue weighted by Crippen LogP contribution is -2.52. The molecule has 1 aliphatic rings. The van der Waals surface area contributed by atoms with Gasteiger partial charge in [0.2, 0.25) is 5.91 Å². The van der Waals surface area contributed by atoms with Crippen LogP contribution in [0.25, 0.3) is 0 Å². The van der Waals surface area contributed by atoms with E-state index in [1.165, 1.54) is 25.7 Å². The van der Waals surface area contributed by atoms with Crippen molar-refractivity contribution in [3.05, 3.63) is 0 Å². The number of carbonyl (C=O) groups is 1. The Morgan fingerprint density at radius 3 is 2.53 bits per heavy atom. The fourth-order valence-electron chi connectivity index (χ4n) is 2.82. The molecule has 0 aliphatic heterocycles. The van der Waals surface area contributed by atoms with E-state index in [1.54, 1.807) is 0 Å². The van der Waals surface area contributed by atoms with Crippen LogP contribution >= 0.6 is 0 Å². The maximum Gasteiger partial charge on any atom is 0.236 e. The predicted octanol–water partition coefficient (Wildman–Crippen LogP) is 3.10. The van der Waals surface area contributed by atoms with Gasteiger partial charge in [0, 0.05) is 12.6 Å². The van der Waals surface area contributed by atoms with E-state index < -0.39 is 0 Å². The average molecular weight is 268 g/mol. The summed E-state index contributed by atoms with van der Waals surface area (Å²) in [6.45, 7) is 11.8. The predicted molar refractivity (Wildman–Crippen MR) is 81.1 cm³/mol. The van der Waals surface area contributed by atoms with Gasteiger partial charge >= 0.3 is 0 Å². The standard InChI is InChI=1S/C16H32N2O/c1-12(2)9-11-17-15(19)13(3)18-14-8-6-7-10-16(14,4)5/h12-14,18H,6-11H2,1-5H3,(H,17,19). The molecule has 0 aromatic carbocycles. The van der Waals surface area contributed by atoms with E-state index in [4.69, 9.17) is 0 Å². The summed E-state index contributed by atoms with van der Waals surface area (Å²) in [4.78, 5) is 12.0. The topological polar surface area (TPSA) is 41.1 Å². The first kappa shape index (κ1) is 16.5. The van der Waals surface area contributed by atoms with Gasteiger partial charge in [-0.25, -0.2) is 0 Å². The molecule has 2 atom stereocenters. The molecule has 1 fully saturated rings. The second kappa shape index (κ2) is 7.28. The zero-order valence-corrected chi connectivity index (χ0v) is 13.4. The Labute approximate surface area is 118 Å². The maximum atomic E-state index is 12.0. The van der Waals surface area contributed by atoms with Gasteiger partial charge in [0.1, 0.15) is 0 Å². The lowest BCUT2D eigenvalue weighted by Gasteiger charge is -2.40. The van der Waals surface area contributed by atoms with E-state index in [9.17, 15) is 4.79 Å². The van der Waals surface area contributed by atoms with Gasteiger partial charge in [-0.1, -0.05) is 40.5 Å². The summed E-state index contributed by atoms with van der Waals surface area (Å²) in [5.74, 6) is 0.780. The quantitative estimate of drug-likeness (QED) is 0.777. The Balaban J connectivity index is 2.36. The van der Waals surface area contributed by atoms with Gasteiger partial charge in [0.25, 0.3) is 0 Å². The monoisotopic (exact) mass is 268 g/mol. The van der Waals surface area contributed by atoms with Crippen molar-refractivity contribution in [2.45, 2.75) is 78.8 Å². The minimum atomic E-state index is -0.0884. The highest BCUT2D eigenvalue weighted by Gasteiger charge is 2.33. The van der Waals surface area contributed by atoms with E-state index in [1.807, 2.05) is 6.92 Å². The molecule has 0 aromatic heterocycles. The third kappa shape index (κ3) is 5.52. The van der Waals surface area contributed by atoms with Gasteiger partial charge in [-0.2, -0.15) is 0 Å². The van der Waals surface area contributed by atoms with Gasteiger partial charge < -0.3 is 10.6 Å². The molecule has 0 bridgehead atoms. The van der Waals surface area contributed by atoms with E-state index in [0.717, 1.165) is 13.0 Å². The number of carbonyl (C=O) groups excluding carboxylic acids is 1. The molecular weight excluding hydrogens is 236 g/mol. The Hall–Kier alpha value is -0.570. The fraction of sp³-hybridized carbons (Fsp3) is 0.938. The molecule has 112 valence electrons. The van der Waals surface area contributed by atoms with Gasteiger partial charge in [0.05, 0.1) is 6.04 Å². The molecule has 0 saturated heterocycles. The molecule has 1 rings (SSSR count). The molecule has 3 nitrogen and oxygen atoms in total. The molecule has 2 unspecified atom stereocenters. The van der Waals surface area contributed by atoms with Crippen LogP contribution in [0.15, 0.2) is 0 Å². The minimum Gasteiger partial charge on any atom is -0.355 e. The molecule has 1 aliphatic carbocycles. The number of nitrogens with one attached hydrogen (secondary N) is 2. The van der Waals surface area contributed by atoms with Crippen LogP contribution in [0.5, 0.6) is 0 Å². The van der Waals surface area contributed by atoms with Crippen LogP contribution in [-0.4, -0.2) is 24.5 Å². The van der Waals surface area contributed by atoms with Crippen LogP contribution in [0.4, 0.5) is 0 Å². The van der Waals surface area contributed by atoms with E-state index in [-0.39, 0.29) is 11.9 Å².